The molecule has 0 unspecified atom stereocenters. The SMILES string of the molecule is COc1cccc(/C=C/C(=O)Nc2ccccc2N2CCOC2=O)c1OC(F)F. The lowest BCUT2D eigenvalue weighted by Gasteiger charge is -2.17. The molecule has 7 nitrogen and oxygen atoms in total. The van der Waals surface area contributed by atoms with Crippen molar-refractivity contribution in [1.29, 1.82) is 0 Å². The van der Waals surface area contributed by atoms with Crippen molar-refractivity contribution >= 4 is 29.5 Å². The highest BCUT2D eigenvalue weighted by molar-refractivity contribution is 6.05. The zero-order valence-electron chi connectivity index (χ0n) is 15.4. The van der Waals surface area contributed by atoms with Gasteiger partial charge < -0.3 is 19.5 Å². The predicted octanol–water partition coefficient (Wildman–Crippen LogP) is 3.91. The molecule has 1 saturated heterocycles. The first kappa shape index (κ1) is 20.1. The molecule has 1 heterocycles. The average Bonchev–Trinajstić information content (AvgIpc) is 3.13. The molecule has 2 amide bonds. The number of nitrogens with one attached hydrogen (secondary N) is 1. The molecular formula is C20H18F2N2O5. The largest absolute Gasteiger partial charge is 0.493 e. The average molecular weight is 404 g/mol. The summed E-state index contributed by atoms with van der Waals surface area (Å²) in [7, 11) is 1.33. The van der Waals surface area contributed by atoms with Gasteiger partial charge >= 0.3 is 12.7 Å². The van der Waals surface area contributed by atoms with Gasteiger partial charge in [0.05, 0.1) is 25.0 Å². The Bertz CT molecular complexity index is 933. The molecule has 0 aliphatic carbocycles. The Labute approximate surface area is 165 Å². The number of carbonyl (C=O) groups is 2. The minimum absolute atomic E-state index is 0.116. The zero-order chi connectivity index (χ0) is 20.8. The van der Waals surface area contributed by atoms with Crippen molar-refractivity contribution in [3.63, 3.8) is 0 Å². The van der Waals surface area contributed by atoms with E-state index in [1.807, 2.05) is 0 Å². The highest BCUT2D eigenvalue weighted by Crippen LogP contribution is 2.33. The second kappa shape index (κ2) is 9.05. The number of amides is 2. The van der Waals surface area contributed by atoms with Gasteiger partial charge in [-0.1, -0.05) is 24.3 Å². The van der Waals surface area contributed by atoms with E-state index < -0.39 is 18.6 Å². The number of nitrogens with zero attached hydrogens (tertiary/aromatic N) is 1. The van der Waals surface area contributed by atoms with E-state index in [-0.39, 0.29) is 23.7 Å². The third-order valence-corrected chi connectivity index (χ3v) is 4.06. The summed E-state index contributed by atoms with van der Waals surface area (Å²) in [5, 5.41) is 2.67. The van der Waals surface area contributed by atoms with Gasteiger partial charge in [-0.3, -0.25) is 9.69 Å². The molecule has 0 atom stereocenters. The van der Waals surface area contributed by atoms with E-state index in [4.69, 9.17) is 9.47 Å². The smallest absolute Gasteiger partial charge is 0.414 e. The molecular weight excluding hydrogens is 386 g/mol. The number of anilines is 2. The Morgan fingerprint density at radius 1 is 1.24 bits per heavy atom. The van der Waals surface area contributed by atoms with Gasteiger partial charge in [0.15, 0.2) is 11.5 Å². The molecule has 2 aromatic carbocycles. The summed E-state index contributed by atoms with van der Waals surface area (Å²) in [6.45, 7) is -2.40. The number of methoxy groups -OCH3 is 1. The first-order valence-electron chi connectivity index (χ1n) is 8.64. The van der Waals surface area contributed by atoms with Crippen molar-refractivity contribution in [2.45, 2.75) is 6.61 Å². The minimum Gasteiger partial charge on any atom is -0.493 e. The standard InChI is InChI=1S/C20H18F2N2O5/c1-27-16-8-4-5-13(18(16)29-19(21)22)9-10-17(25)23-14-6-2-3-7-15(14)24-11-12-28-20(24)26/h2-10,19H,11-12H2,1H3,(H,23,25)/b10-9+. The summed E-state index contributed by atoms with van der Waals surface area (Å²) in [6.07, 6.45) is 2.02. The zero-order valence-corrected chi connectivity index (χ0v) is 15.4. The quantitative estimate of drug-likeness (QED) is 0.708. The molecule has 1 N–H and O–H groups in total. The Morgan fingerprint density at radius 3 is 2.72 bits per heavy atom. The van der Waals surface area contributed by atoms with Crippen LogP contribution in [0, 0.1) is 0 Å². The summed E-state index contributed by atoms with van der Waals surface area (Å²) >= 11 is 0. The first-order chi connectivity index (χ1) is 14.0. The van der Waals surface area contributed by atoms with Crippen LogP contribution in [0.3, 0.4) is 0 Å². The Balaban J connectivity index is 1.79. The van der Waals surface area contributed by atoms with Crippen LogP contribution in [0.1, 0.15) is 5.56 Å². The highest BCUT2D eigenvalue weighted by atomic mass is 19.3. The van der Waals surface area contributed by atoms with Crippen LogP contribution < -0.4 is 19.7 Å². The van der Waals surface area contributed by atoms with Gasteiger partial charge in [-0.15, -0.1) is 0 Å². The van der Waals surface area contributed by atoms with Gasteiger partial charge in [0.1, 0.15) is 6.61 Å². The van der Waals surface area contributed by atoms with Crippen molar-refractivity contribution in [3.05, 3.63) is 54.1 Å². The molecule has 0 aromatic heterocycles. The molecule has 0 radical (unpaired) electrons. The fourth-order valence-corrected chi connectivity index (χ4v) is 2.81. The van der Waals surface area contributed by atoms with E-state index in [1.165, 1.54) is 36.3 Å². The third kappa shape index (κ3) is 4.81. The first-order valence-corrected chi connectivity index (χ1v) is 8.64. The third-order valence-electron chi connectivity index (χ3n) is 4.06. The molecule has 2 aromatic rings. The van der Waals surface area contributed by atoms with Crippen molar-refractivity contribution < 1.29 is 32.6 Å². The van der Waals surface area contributed by atoms with Crippen molar-refractivity contribution in [1.82, 2.24) is 0 Å². The normalized spacial score (nSPS) is 13.7. The molecule has 9 heteroatoms. The van der Waals surface area contributed by atoms with E-state index >= 15 is 0 Å². The number of carbonyl (C=O) groups excluding carboxylic acids is 2. The van der Waals surface area contributed by atoms with E-state index in [0.29, 0.717) is 17.9 Å². The van der Waals surface area contributed by atoms with Crippen LogP contribution in [0.2, 0.25) is 0 Å². The number of hydrogen-bond acceptors (Lipinski definition) is 5. The molecule has 152 valence electrons. The van der Waals surface area contributed by atoms with Crippen LogP contribution in [-0.4, -0.2) is 38.9 Å². The van der Waals surface area contributed by atoms with Crippen LogP contribution in [0.5, 0.6) is 11.5 Å². The van der Waals surface area contributed by atoms with Crippen LogP contribution in [0.4, 0.5) is 25.0 Å². The van der Waals surface area contributed by atoms with Gasteiger partial charge in [-0.25, -0.2) is 4.79 Å². The molecule has 3 rings (SSSR count). The second-order valence-electron chi connectivity index (χ2n) is 5.86. The van der Waals surface area contributed by atoms with Crippen molar-refractivity contribution in [2.24, 2.45) is 0 Å². The molecule has 0 bridgehead atoms. The van der Waals surface area contributed by atoms with Crippen LogP contribution >= 0.6 is 0 Å². The van der Waals surface area contributed by atoms with Crippen LogP contribution in [0.25, 0.3) is 6.08 Å². The van der Waals surface area contributed by atoms with Gasteiger partial charge in [0.2, 0.25) is 5.91 Å². The summed E-state index contributed by atoms with van der Waals surface area (Å²) in [4.78, 5) is 25.6. The minimum atomic E-state index is -3.04. The van der Waals surface area contributed by atoms with Gasteiger partial charge in [-0.2, -0.15) is 8.78 Å². The number of benzene rings is 2. The Kier molecular flexibility index (Phi) is 6.28. The molecule has 0 spiro atoms. The fraction of sp³-hybridized carbons (Fsp3) is 0.200. The number of hydrogen-bond donors (Lipinski definition) is 1. The summed E-state index contributed by atoms with van der Waals surface area (Å²) in [5.74, 6) is -0.573. The van der Waals surface area contributed by atoms with Gasteiger partial charge in [0.25, 0.3) is 0 Å². The summed E-state index contributed by atoms with van der Waals surface area (Å²) < 4.78 is 39.9. The number of cyclic esters (lactones) is 1. The Morgan fingerprint density at radius 2 is 2.03 bits per heavy atom. The number of alkyl halides is 2. The lowest BCUT2D eigenvalue weighted by atomic mass is 10.1. The maximum atomic E-state index is 12.7. The second-order valence-corrected chi connectivity index (χ2v) is 5.86. The molecule has 0 saturated carbocycles. The van der Waals surface area contributed by atoms with Gasteiger partial charge in [-0.05, 0) is 24.3 Å². The van der Waals surface area contributed by atoms with Crippen molar-refractivity contribution in [3.8, 4) is 11.5 Å². The molecule has 1 aliphatic heterocycles. The number of halogens is 2. The maximum Gasteiger partial charge on any atom is 0.414 e. The number of ether oxygens (including phenoxy) is 3. The molecule has 1 aliphatic rings. The summed E-state index contributed by atoms with van der Waals surface area (Å²) in [6, 6.07) is 11.3. The lowest BCUT2D eigenvalue weighted by Crippen LogP contribution is -2.25. The lowest BCUT2D eigenvalue weighted by molar-refractivity contribution is -0.111. The molecule has 1 fully saturated rings. The van der Waals surface area contributed by atoms with Crippen LogP contribution in [-0.2, 0) is 9.53 Å². The van der Waals surface area contributed by atoms with E-state index in [9.17, 15) is 18.4 Å². The maximum absolute atomic E-state index is 12.7. The van der Waals surface area contributed by atoms with E-state index in [2.05, 4.69) is 10.1 Å². The highest BCUT2D eigenvalue weighted by Gasteiger charge is 2.25. The fourth-order valence-electron chi connectivity index (χ4n) is 2.81. The van der Waals surface area contributed by atoms with Gasteiger partial charge in [0, 0.05) is 11.6 Å². The monoisotopic (exact) mass is 404 g/mol. The van der Waals surface area contributed by atoms with Crippen LogP contribution in [0.15, 0.2) is 48.5 Å². The Hall–Kier alpha value is -3.62. The van der Waals surface area contributed by atoms with E-state index in [0.717, 1.165) is 0 Å². The van der Waals surface area contributed by atoms with Crippen molar-refractivity contribution in [2.75, 3.05) is 30.5 Å². The topological polar surface area (TPSA) is 77.1 Å². The number of para-hydroxylation sites is 3. The molecule has 29 heavy (non-hydrogen) atoms. The summed E-state index contributed by atoms with van der Waals surface area (Å²) in [5.41, 5.74) is 1.16. The number of rotatable bonds is 7. The predicted molar refractivity (Wildman–Crippen MR) is 102 cm³/mol. The van der Waals surface area contributed by atoms with E-state index in [1.54, 1.807) is 30.3 Å².